The maximum atomic E-state index is 12.4. The molecule has 3 heteroatoms. The normalized spacial score (nSPS) is 13.7. The Balaban J connectivity index is 2.27. The predicted molar refractivity (Wildman–Crippen MR) is 83.7 cm³/mol. The zero-order valence-corrected chi connectivity index (χ0v) is 12.8. The Morgan fingerprint density at radius 2 is 2.00 bits per heavy atom. The molecule has 3 nitrogen and oxygen atoms in total. The zero-order valence-electron chi connectivity index (χ0n) is 12.8. The summed E-state index contributed by atoms with van der Waals surface area (Å²) in [5.41, 5.74) is 8.14. The second-order valence-electron chi connectivity index (χ2n) is 6.19. The standard InChI is InChI=1S/C17H24N2O/c1-5-17(2,3)16(20)14(18)10-12-11-19(4)15-9-7-6-8-13(12)15/h6-9,11,14H,5,10,18H2,1-4H3/t14-/m0/s1. The van der Waals surface area contributed by atoms with Crippen molar-refractivity contribution in [2.45, 2.75) is 39.7 Å². The number of fused-ring (bicyclic) bond motifs is 1. The van der Waals surface area contributed by atoms with Crippen molar-refractivity contribution in [2.75, 3.05) is 0 Å². The Morgan fingerprint density at radius 3 is 2.65 bits per heavy atom. The van der Waals surface area contributed by atoms with Gasteiger partial charge < -0.3 is 10.3 Å². The molecule has 0 aliphatic rings. The number of benzene rings is 1. The molecule has 2 rings (SSSR count). The molecule has 0 aliphatic carbocycles. The highest BCUT2D eigenvalue weighted by molar-refractivity contribution is 5.90. The molecule has 0 amide bonds. The summed E-state index contributed by atoms with van der Waals surface area (Å²) in [5, 5.41) is 1.19. The number of para-hydroxylation sites is 1. The minimum absolute atomic E-state index is 0.146. The van der Waals surface area contributed by atoms with E-state index in [2.05, 4.69) is 22.9 Å². The largest absolute Gasteiger partial charge is 0.350 e. The molecule has 0 saturated heterocycles. The number of Topliss-reactive ketones (excluding diaryl/α,β-unsaturated/α-hetero) is 1. The number of aryl methyl sites for hydroxylation is 1. The van der Waals surface area contributed by atoms with Crippen LogP contribution in [0, 0.1) is 5.41 Å². The summed E-state index contributed by atoms with van der Waals surface area (Å²) < 4.78 is 2.09. The Hall–Kier alpha value is -1.61. The first-order valence-corrected chi connectivity index (χ1v) is 7.19. The van der Waals surface area contributed by atoms with Crippen LogP contribution in [0.4, 0.5) is 0 Å². The minimum Gasteiger partial charge on any atom is -0.350 e. The van der Waals surface area contributed by atoms with Crippen LogP contribution in [0.3, 0.4) is 0 Å². The average molecular weight is 272 g/mol. The molecule has 1 aromatic carbocycles. The molecule has 0 aliphatic heterocycles. The number of hydrogen-bond donors (Lipinski definition) is 1. The van der Waals surface area contributed by atoms with E-state index in [0.717, 1.165) is 12.0 Å². The molecule has 1 atom stereocenters. The number of hydrogen-bond acceptors (Lipinski definition) is 2. The van der Waals surface area contributed by atoms with Gasteiger partial charge in [-0.2, -0.15) is 0 Å². The van der Waals surface area contributed by atoms with Crippen molar-refractivity contribution in [1.82, 2.24) is 4.57 Å². The van der Waals surface area contributed by atoms with Gasteiger partial charge in [-0.25, -0.2) is 0 Å². The lowest BCUT2D eigenvalue weighted by Gasteiger charge is -2.24. The third kappa shape index (κ3) is 2.63. The summed E-state index contributed by atoms with van der Waals surface area (Å²) >= 11 is 0. The van der Waals surface area contributed by atoms with Crippen molar-refractivity contribution in [3.05, 3.63) is 36.0 Å². The number of nitrogens with two attached hydrogens (primary N) is 1. The predicted octanol–water partition coefficient (Wildman–Crippen LogP) is 3.05. The van der Waals surface area contributed by atoms with Crippen LogP contribution in [0.5, 0.6) is 0 Å². The molecule has 0 bridgehead atoms. The Labute approximate surface area is 120 Å². The lowest BCUT2D eigenvalue weighted by molar-refractivity contribution is -0.128. The zero-order chi connectivity index (χ0) is 14.9. The second-order valence-corrected chi connectivity index (χ2v) is 6.19. The number of rotatable bonds is 5. The van der Waals surface area contributed by atoms with E-state index in [-0.39, 0.29) is 11.2 Å². The molecule has 0 unspecified atom stereocenters. The van der Waals surface area contributed by atoms with Gasteiger partial charge in [0.05, 0.1) is 6.04 Å². The van der Waals surface area contributed by atoms with Crippen LogP contribution in [-0.4, -0.2) is 16.4 Å². The van der Waals surface area contributed by atoms with Gasteiger partial charge in [0.2, 0.25) is 0 Å². The fourth-order valence-corrected chi connectivity index (χ4v) is 2.59. The summed E-state index contributed by atoms with van der Waals surface area (Å²) in [4.78, 5) is 12.4. The fourth-order valence-electron chi connectivity index (χ4n) is 2.59. The summed E-state index contributed by atoms with van der Waals surface area (Å²) in [5.74, 6) is 0.146. The van der Waals surface area contributed by atoms with Gasteiger partial charge in [0.15, 0.2) is 5.78 Å². The van der Waals surface area contributed by atoms with Gasteiger partial charge in [-0.3, -0.25) is 4.79 Å². The van der Waals surface area contributed by atoms with E-state index in [1.165, 1.54) is 10.9 Å². The number of carbonyl (C=O) groups excluding carboxylic acids is 1. The van der Waals surface area contributed by atoms with E-state index in [9.17, 15) is 4.79 Å². The highest BCUT2D eigenvalue weighted by Crippen LogP contribution is 2.26. The first-order chi connectivity index (χ1) is 9.36. The van der Waals surface area contributed by atoms with E-state index >= 15 is 0 Å². The van der Waals surface area contributed by atoms with E-state index in [0.29, 0.717) is 6.42 Å². The lowest BCUT2D eigenvalue weighted by Crippen LogP contribution is -2.41. The van der Waals surface area contributed by atoms with Crippen LogP contribution in [0.1, 0.15) is 32.8 Å². The van der Waals surface area contributed by atoms with Crippen LogP contribution < -0.4 is 5.73 Å². The van der Waals surface area contributed by atoms with Crippen molar-refractivity contribution in [3.8, 4) is 0 Å². The summed E-state index contributed by atoms with van der Waals surface area (Å²) in [6, 6.07) is 7.79. The number of carbonyl (C=O) groups is 1. The van der Waals surface area contributed by atoms with Crippen molar-refractivity contribution >= 4 is 16.7 Å². The first kappa shape index (κ1) is 14.8. The van der Waals surface area contributed by atoms with Gasteiger partial charge in [0.25, 0.3) is 0 Å². The smallest absolute Gasteiger partial charge is 0.155 e. The van der Waals surface area contributed by atoms with E-state index in [4.69, 9.17) is 5.73 Å². The van der Waals surface area contributed by atoms with Crippen molar-refractivity contribution in [3.63, 3.8) is 0 Å². The number of nitrogens with zero attached hydrogens (tertiary/aromatic N) is 1. The lowest BCUT2D eigenvalue weighted by atomic mass is 9.80. The van der Waals surface area contributed by atoms with E-state index in [1.807, 2.05) is 40.0 Å². The molecule has 1 heterocycles. The van der Waals surface area contributed by atoms with E-state index < -0.39 is 6.04 Å². The molecule has 0 saturated carbocycles. The van der Waals surface area contributed by atoms with Gasteiger partial charge >= 0.3 is 0 Å². The fraction of sp³-hybridized carbons (Fsp3) is 0.471. The van der Waals surface area contributed by atoms with Crippen LogP contribution >= 0.6 is 0 Å². The second kappa shape index (κ2) is 5.41. The van der Waals surface area contributed by atoms with Crippen molar-refractivity contribution < 1.29 is 4.79 Å². The third-order valence-corrected chi connectivity index (χ3v) is 4.31. The molecule has 2 N–H and O–H groups in total. The van der Waals surface area contributed by atoms with Crippen molar-refractivity contribution in [1.29, 1.82) is 0 Å². The molecule has 2 aromatic rings. The SMILES string of the molecule is CCC(C)(C)C(=O)[C@@H](N)Cc1cn(C)c2ccccc12. The van der Waals surface area contributed by atoms with Crippen LogP contribution in [-0.2, 0) is 18.3 Å². The molecule has 108 valence electrons. The minimum atomic E-state index is -0.434. The van der Waals surface area contributed by atoms with Crippen LogP contribution in [0.15, 0.2) is 30.5 Å². The molecule has 1 aromatic heterocycles. The highest BCUT2D eigenvalue weighted by atomic mass is 16.1. The Bertz CT molecular complexity index is 625. The third-order valence-electron chi connectivity index (χ3n) is 4.31. The van der Waals surface area contributed by atoms with Gasteiger partial charge in [0.1, 0.15) is 0 Å². The molecule has 0 radical (unpaired) electrons. The van der Waals surface area contributed by atoms with Gasteiger partial charge in [-0.05, 0) is 24.5 Å². The number of aromatic nitrogens is 1. The van der Waals surface area contributed by atoms with E-state index in [1.54, 1.807) is 0 Å². The van der Waals surface area contributed by atoms with Crippen LogP contribution in [0.2, 0.25) is 0 Å². The highest BCUT2D eigenvalue weighted by Gasteiger charge is 2.30. The summed E-state index contributed by atoms with van der Waals surface area (Å²) in [6.07, 6.45) is 3.50. The summed E-state index contributed by atoms with van der Waals surface area (Å²) in [6.45, 7) is 5.97. The first-order valence-electron chi connectivity index (χ1n) is 7.19. The molecule has 0 fully saturated rings. The topological polar surface area (TPSA) is 48.0 Å². The summed E-state index contributed by atoms with van der Waals surface area (Å²) in [7, 11) is 2.02. The maximum Gasteiger partial charge on any atom is 0.155 e. The van der Waals surface area contributed by atoms with Crippen LogP contribution in [0.25, 0.3) is 10.9 Å². The maximum absolute atomic E-state index is 12.4. The van der Waals surface area contributed by atoms with Crippen molar-refractivity contribution in [2.24, 2.45) is 18.2 Å². The molecule has 0 spiro atoms. The van der Waals surface area contributed by atoms with Gasteiger partial charge in [-0.15, -0.1) is 0 Å². The van der Waals surface area contributed by atoms with Gasteiger partial charge in [-0.1, -0.05) is 39.0 Å². The average Bonchev–Trinajstić information content (AvgIpc) is 2.75. The van der Waals surface area contributed by atoms with Gasteiger partial charge in [0, 0.05) is 29.6 Å². The molecular formula is C17H24N2O. The molecular weight excluding hydrogens is 248 g/mol. The molecule has 20 heavy (non-hydrogen) atoms. The Morgan fingerprint density at radius 1 is 1.35 bits per heavy atom. The Kier molecular flexibility index (Phi) is 4.00. The quantitative estimate of drug-likeness (QED) is 0.909. The monoisotopic (exact) mass is 272 g/mol. The number of ketones is 1.